The third-order valence-electron chi connectivity index (χ3n) is 6.63. The minimum atomic E-state index is -0.648. The third kappa shape index (κ3) is 5.82. The second-order valence-electron chi connectivity index (χ2n) is 9.61. The average Bonchev–Trinajstić information content (AvgIpc) is 3.26. The molecule has 0 spiro atoms. The molecule has 1 aliphatic rings. The highest BCUT2D eigenvalue weighted by Crippen LogP contribution is 2.45. The van der Waals surface area contributed by atoms with Gasteiger partial charge < -0.3 is 30.1 Å². The first kappa shape index (κ1) is 25.6. The van der Waals surface area contributed by atoms with E-state index in [9.17, 15) is 15.0 Å². The molecule has 1 saturated carbocycles. The molecular formula is C28H35N3O5. The molecule has 8 nitrogen and oxygen atoms in total. The SMILES string of the molecule is CCNC(=O)Oc1noc(-c2cc(C(C)C)c(O)cc2O)c1-c1ccc(CNC2CCCCC2)cc1. The lowest BCUT2D eigenvalue weighted by Crippen LogP contribution is -2.30. The largest absolute Gasteiger partial charge is 0.508 e. The van der Waals surface area contributed by atoms with Gasteiger partial charge in [-0.1, -0.05) is 57.4 Å². The number of rotatable bonds is 8. The lowest BCUT2D eigenvalue weighted by molar-refractivity contribution is 0.196. The van der Waals surface area contributed by atoms with Crippen LogP contribution in [0, 0.1) is 0 Å². The number of hydrogen-bond acceptors (Lipinski definition) is 7. The van der Waals surface area contributed by atoms with Gasteiger partial charge in [0.25, 0.3) is 5.88 Å². The first-order valence-corrected chi connectivity index (χ1v) is 12.7. The minimum Gasteiger partial charge on any atom is -0.508 e. The third-order valence-corrected chi connectivity index (χ3v) is 6.63. The predicted molar refractivity (Wildman–Crippen MR) is 138 cm³/mol. The van der Waals surface area contributed by atoms with Crippen LogP contribution in [0.1, 0.15) is 69.9 Å². The summed E-state index contributed by atoms with van der Waals surface area (Å²) in [6, 6.07) is 11.4. The van der Waals surface area contributed by atoms with Crippen molar-refractivity contribution in [1.82, 2.24) is 15.8 Å². The van der Waals surface area contributed by atoms with Crippen molar-refractivity contribution in [2.75, 3.05) is 6.54 Å². The van der Waals surface area contributed by atoms with Gasteiger partial charge in [-0.2, -0.15) is 0 Å². The van der Waals surface area contributed by atoms with Crippen LogP contribution in [-0.2, 0) is 6.54 Å². The van der Waals surface area contributed by atoms with Crippen molar-refractivity contribution in [3.05, 3.63) is 47.5 Å². The Morgan fingerprint density at radius 2 is 1.83 bits per heavy atom. The van der Waals surface area contributed by atoms with Crippen LogP contribution in [-0.4, -0.2) is 34.0 Å². The van der Waals surface area contributed by atoms with E-state index in [1.807, 2.05) is 38.1 Å². The number of carbonyl (C=O) groups excluding carboxylic acids is 1. The van der Waals surface area contributed by atoms with Crippen LogP contribution in [0.25, 0.3) is 22.5 Å². The number of ether oxygens (including phenoxy) is 1. The summed E-state index contributed by atoms with van der Waals surface area (Å²) in [6.07, 6.45) is 5.68. The number of phenols is 2. The molecule has 1 fully saturated rings. The monoisotopic (exact) mass is 493 g/mol. The number of carbonyl (C=O) groups is 1. The smallest absolute Gasteiger partial charge is 0.414 e. The van der Waals surface area contributed by atoms with E-state index < -0.39 is 6.09 Å². The van der Waals surface area contributed by atoms with Gasteiger partial charge in [0.1, 0.15) is 11.5 Å². The Balaban J connectivity index is 1.68. The Labute approximate surface area is 211 Å². The molecule has 0 saturated heterocycles. The van der Waals surface area contributed by atoms with E-state index in [-0.39, 0.29) is 29.1 Å². The highest BCUT2D eigenvalue weighted by molar-refractivity contribution is 5.87. The summed E-state index contributed by atoms with van der Waals surface area (Å²) < 4.78 is 11.1. The Morgan fingerprint density at radius 3 is 2.50 bits per heavy atom. The molecular weight excluding hydrogens is 458 g/mol. The van der Waals surface area contributed by atoms with E-state index in [2.05, 4.69) is 15.8 Å². The standard InChI is InChI=1S/C28H35N3O5/c1-4-29-28(34)35-27-25(19-12-10-18(11-13-19)16-30-20-8-6-5-7-9-20)26(36-31-27)22-14-21(17(2)3)23(32)15-24(22)33/h10-15,17,20,30,32-33H,4-9,16H2,1-3H3,(H,29,34). The van der Waals surface area contributed by atoms with Crippen molar-refractivity contribution in [3.8, 4) is 39.8 Å². The van der Waals surface area contributed by atoms with E-state index in [0.717, 1.165) is 17.7 Å². The van der Waals surface area contributed by atoms with Crippen LogP contribution in [0.15, 0.2) is 40.9 Å². The van der Waals surface area contributed by atoms with Crippen LogP contribution in [0.4, 0.5) is 4.79 Å². The number of nitrogens with zero attached hydrogens (tertiary/aromatic N) is 1. The van der Waals surface area contributed by atoms with Crippen molar-refractivity contribution in [2.45, 2.75) is 71.4 Å². The number of aromatic hydroxyl groups is 2. The summed E-state index contributed by atoms with van der Waals surface area (Å²) in [5, 5.41) is 31.2. The van der Waals surface area contributed by atoms with E-state index in [0.29, 0.717) is 29.3 Å². The lowest BCUT2D eigenvalue weighted by Gasteiger charge is -2.22. The Hall–Kier alpha value is -3.52. The number of phenolic OH excluding ortho intramolecular Hbond substituents is 2. The number of amides is 1. The summed E-state index contributed by atoms with van der Waals surface area (Å²) in [6.45, 7) is 6.86. The topological polar surface area (TPSA) is 117 Å². The molecule has 36 heavy (non-hydrogen) atoms. The van der Waals surface area contributed by atoms with E-state index in [1.54, 1.807) is 13.0 Å². The normalized spacial score (nSPS) is 14.2. The molecule has 1 amide bonds. The van der Waals surface area contributed by atoms with E-state index in [1.165, 1.54) is 38.2 Å². The second-order valence-corrected chi connectivity index (χ2v) is 9.61. The summed E-state index contributed by atoms with van der Waals surface area (Å²) in [7, 11) is 0. The van der Waals surface area contributed by atoms with Crippen molar-refractivity contribution in [3.63, 3.8) is 0 Å². The summed E-state index contributed by atoms with van der Waals surface area (Å²) in [5.41, 5.74) is 3.32. The Kier molecular flexibility index (Phi) is 8.15. The van der Waals surface area contributed by atoms with Crippen LogP contribution < -0.4 is 15.4 Å². The summed E-state index contributed by atoms with van der Waals surface area (Å²) >= 11 is 0. The molecule has 0 bridgehead atoms. The molecule has 0 atom stereocenters. The highest BCUT2D eigenvalue weighted by Gasteiger charge is 2.26. The van der Waals surface area contributed by atoms with Crippen molar-refractivity contribution < 1.29 is 24.3 Å². The summed E-state index contributed by atoms with van der Waals surface area (Å²) in [4.78, 5) is 12.2. The maximum Gasteiger partial charge on any atom is 0.414 e. The maximum atomic E-state index is 12.2. The fourth-order valence-corrected chi connectivity index (χ4v) is 4.65. The molecule has 4 N–H and O–H groups in total. The maximum absolute atomic E-state index is 12.2. The molecule has 4 rings (SSSR count). The zero-order valence-corrected chi connectivity index (χ0v) is 21.1. The van der Waals surface area contributed by atoms with Gasteiger partial charge in [0.2, 0.25) is 0 Å². The van der Waals surface area contributed by atoms with Gasteiger partial charge in [0, 0.05) is 25.2 Å². The van der Waals surface area contributed by atoms with Gasteiger partial charge in [-0.3, -0.25) is 0 Å². The molecule has 0 unspecified atom stereocenters. The van der Waals surface area contributed by atoms with Gasteiger partial charge in [-0.25, -0.2) is 4.79 Å². The lowest BCUT2D eigenvalue weighted by atomic mass is 9.94. The molecule has 192 valence electrons. The number of nitrogens with one attached hydrogen (secondary N) is 2. The van der Waals surface area contributed by atoms with Crippen molar-refractivity contribution in [1.29, 1.82) is 0 Å². The van der Waals surface area contributed by atoms with Gasteiger partial charge in [0.15, 0.2) is 5.76 Å². The fourth-order valence-electron chi connectivity index (χ4n) is 4.65. The predicted octanol–water partition coefficient (Wildman–Crippen LogP) is 6.07. The Bertz CT molecular complexity index is 1180. The Morgan fingerprint density at radius 1 is 1.11 bits per heavy atom. The number of aromatic nitrogens is 1. The van der Waals surface area contributed by atoms with Crippen LogP contribution in [0.5, 0.6) is 17.4 Å². The average molecular weight is 494 g/mol. The first-order valence-electron chi connectivity index (χ1n) is 12.7. The van der Waals surface area contributed by atoms with Crippen LogP contribution >= 0.6 is 0 Å². The highest BCUT2D eigenvalue weighted by atomic mass is 16.6. The van der Waals surface area contributed by atoms with Gasteiger partial charge in [0.05, 0.1) is 11.1 Å². The molecule has 2 aromatic carbocycles. The molecule has 1 aromatic heterocycles. The zero-order chi connectivity index (χ0) is 25.7. The zero-order valence-electron chi connectivity index (χ0n) is 21.1. The van der Waals surface area contributed by atoms with E-state index >= 15 is 0 Å². The molecule has 3 aromatic rings. The van der Waals surface area contributed by atoms with Crippen LogP contribution in [0.3, 0.4) is 0 Å². The number of hydrogen-bond donors (Lipinski definition) is 4. The van der Waals surface area contributed by atoms with Gasteiger partial charge >= 0.3 is 6.09 Å². The first-order chi connectivity index (χ1) is 17.4. The van der Waals surface area contributed by atoms with Crippen molar-refractivity contribution in [2.24, 2.45) is 0 Å². The molecule has 1 heterocycles. The minimum absolute atomic E-state index is 0.000862. The fraction of sp³-hybridized carbons (Fsp3) is 0.429. The molecule has 0 aliphatic heterocycles. The quantitative estimate of drug-likeness (QED) is 0.301. The van der Waals surface area contributed by atoms with E-state index in [4.69, 9.17) is 9.26 Å². The van der Waals surface area contributed by atoms with Crippen molar-refractivity contribution >= 4 is 6.09 Å². The van der Waals surface area contributed by atoms with Gasteiger partial charge in [-0.15, -0.1) is 0 Å². The number of benzene rings is 2. The summed E-state index contributed by atoms with van der Waals surface area (Å²) in [5.74, 6) is 0.107. The van der Waals surface area contributed by atoms with Gasteiger partial charge in [-0.05, 0) is 53.6 Å². The second kappa shape index (κ2) is 11.5. The molecule has 1 aliphatic carbocycles. The molecule has 8 heteroatoms. The molecule has 0 radical (unpaired) electrons. The van der Waals surface area contributed by atoms with Crippen LogP contribution in [0.2, 0.25) is 0 Å².